The summed E-state index contributed by atoms with van der Waals surface area (Å²) in [5.74, 6) is -3.53. The topological polar surface area (TPSA) is 156 Å². The molecule has 29 heavy (non-hydrogen) atoms. The van der Waals surface area contributed by atoms with Crippen molar-refractivity contribution in [2.24, 2.45) is 0 Å². The molecule has 0 aliphatic carbocycles. The van der Waals surface area contributed by atoms with Gasteiger partial charge in [-0.25, -0.2) is 0 Å². The van der Waals surface area contributed by atoms with E-state index in [1.807, 2.05) is 16.7 Å². The number of carboxylic acid groups (broad SMARTS) is 4. The lowest BCUT2D eigenvalue weighted by molar-refractivity contribution is -0.138. The van der Waals surface area contributed by atoms with Gasteiger partial charge in [0, 0.05) is 38.3 Å². The first kappa shape index (κ1) is 26.8. The number of rotatable bonds is 19. The molecule has 1 atom stereocenters. The Labute approximate surface area is 171 Å². The number of hydrogen-bond acceptors (Lipinski definition) is 6. The summed E-state index contributed by atoms with van der Waals surface area (Å²) in [5.41, 5.74) is 0. The molecule has 0 saturated carbocycles. The van der Waals surface area contributed by atoms with E-state index < -0.39 is 23.9 Å². The first-order valence-electron chi connectivity index (χ1n) is 9.95. The number of nitrogens with zero attached hydrogens (tertiary/aromatic N) is 2. The third-order valence-corrected chi connectivity index (χ3v) is 4.55. The second kappa shape index (κ2) is 15.7. The van der Waals surface area contributed by atoms with Gasteiger partial charge in [-0.1, -0.05) is 0 Å². The molecule has 0 aliphatic rings. The van der Waals surface area contributed by atoms with Gasteiger partial charge in [-0.15, -0.1) is 0 Å². The Bertz CT molecular complexity index is 486. The van der Waals surface area contributed by atoms with Gasteiger partial charge < -0.3 is 25.3 Å². The SMILES string of the molecule is CC(CN(CCCC(=O)O)CCCC(=O)O)N(CCCC(=O)O)CCCC(=O)O. The number of aliphatic carboxylic acids is 4. The zero-order valence-corrected chi connectivity index (χ0v) is 17.1. The molecular weight excluding hydrogens is 384 g/mol. The highest BCUT2D eigenvalue weighted by atomic mass is 16.4. The van der Waals surface area contributed by atoms with E-state index in [2.05, 4.69) is 0 Å². The summed E-state index contributed by atoms with van der Waals surface area (Å²) in [6.07, 6.45) is 1.93. The molecule has 10 nitrogen and oxygen atoms in total. The van der Waals surface area contributed by atoms with Gasteiger partial charge in [0.15, 0.2) is 0 Å². The molecule has 168 valence electrons. The maximum Gasteiger partial charge on any atom is 0.303 e. The van der Waals surface area contributed by atoms with E-state index in [1.54, 1.807) is 0 Å². The van der Waals surface area contributed by atoms with Crippen LogP contribution in [0.2, 0.25) is 0 Å². The van der Waals surface area contributed by atoms with Gasteiger partial charge in [0.1, 0.15) is 0 Å². The van der Waals surface area contributed by atoms with E-state index in [4.69, 9.17) is 20.4 Å². The maximum absolute atomic E-state index is 10.8. The second-order valence-corrected chi connectivity index (χ2v) is 7.17. The summed E-state index contributed by atoms with van der Waals surface area (Å²) in [5, 5.41) is 35.3. The molecule has 0 aromatic carbocycles. The largest absolute Gasteiger partial charge is 0.481 e. The molecule has 0 heterocycles. The standard InChI is InChI=1S/C19H34N2O8/c1-15(21(12-4-8-18(26)27)13-5-9-19(28)29)14-20(10-2-6-16(22)23)11-3-7-17(24)25/h15H,2-14H2,1H3,(H,22,23)(H,24,25)(H,26,27)(H,28,29). The van der Waals surface area contributed by atoms with Crippen molar-refractivity contribution in [2.75, 3.05) is 32.7 Å². The summed E-state index contributed by atoms with van der Waals surface area (Å²) in [6, 6.07) is -0.00718. The third kappa shape index (κ3) is 16.5. The molecule has 0 amide bonds. The summed E-state index contributed by atoms with van der Waals surface area (Å²) in [7, 11) is 0. The van der Waals surface area contributed by atoms with Gasteiger partial charge in [0.2, 0.25) is 0 Å². The summed E-state index contributed by atoms with van der Waals surface area (Å²) < 4.78 is 0. The van der Waals surface area contributed by atoms with Crippen molar-refractivity contribution in [1.82, 2.24) is 9.80 Å². The van der Waals surface area contributed by atoms with Crippen LogP contribution in [0.3, 0.4) is 0 Å². The van der Waals surface area contributed by atoms with Gasteiger partial charge in [-0.3, -0.25) is 24.1 Å². The Kier molecular flexibility index (Phi) is 14.5. The van der Waals surface area contributed by atoms with Crippen LogP contribution >= 0.6 is 0 Å². The van der Waals surface area contributed by atoms with Crippen molar-refractivity contribution in [1.29, 1.82) is 0 Å². The molecule has 0 rings (SSSR count). The van der Waals surface area contributed by atoms with Crippen LogP contribution in [0.4, 0.5) is 0 Å². The Morgan fingerprint density at radius 2 is 0.931 bits per heavy atom. The lowest BCUT2D eigenvalue weighted by Crippen LogP contribution is -2.44. The van der Waals surface area contributed by atoms with E-state index in [1.165, 1.54) is 0 Å². The van der Waals surface area contributed by atoms with Gasteiger partial charge in [0.25, 0.3) is 0 Å². The van der Waals surface area contributed by atoms with Crippen LogP contribution in [0.15, 0.2) is 0 Å². The van der Waals surface area contributed by atoms with Crippen LogP contribution in [0.1, 0.15) is 58.3 Å². The fraction of sp³-hybridized carbons (Fsp3) is 0.789. The predicted octanol–water partition coefficient (Wildman–Crippen LogP) is 1.44. The van der Waals surface area contributed by atoms with Crippen molar-refractivity contribution in [2.45, 2.75) is 64.3 Å². The number of carbonyl (C=O) groups is 4. The highest BCUT2D eigenvalue weighted by Gasteiger charge is 2.18. The Balaban J connectivity index is 4.83. The van der Waals surface area contributed by atoms with Crippen molar-refractivity contribution < 1.29 is 39.6 Å². The molecule has 0 radical (unpaired) electrons. The van der Waals surface area contributed by atoms with E-state index in [0.717, 1.165) is 0 Å². The molecular formula is C19H34N2O8. The zero-order chi connectivity index (χ0) is 22.2. The van der Waals surface area contributed by atoms with Crippen molar-refractivity contribution in [3.8, 4) is 0 Å². The second-order valence-electron chi connectivity index (χ2n) is 7.17. The number of carboxylic acids is 4. The minimum absolute atomic E-state index is 0.00718. The fourth-order valence-electron chi connectivity index (χ4n) is 3.11. The fourth-order valence-corrected chi connectivity index (χ4v) is 3.11. The molecule has 1 unspecified atom stereocenters. The normalized spacial score (nSPS) is 12.2. The highest BCUT2D eigenvalue weighted by molar-refractivity contribution is 5.67. The Morgan fingerprint density at radius 3 is 1.24 bits per heavy atom. The molecule has 0 saturated heterocycles. The Hall–Kier alpha value is -2.20. The first-order chi connectivity index (χ1) is 13.6. The van der Waals surface area contributed by atoms with Gasteiger partial charge in [0.05, 0.1) is 0 Å². The lowest BCUT2D eigenvalue weighted by atomic mass is 10.1. The molecule has 0 aromatic rings. The van der Waals surface area contributed by atoms with Crippen LogP contribution in [-0.2, 0) is 19.2 Å². The monoisotopic (exact) mass is 418 g/mol. The molecule has 0 spiro atoms. The van der Waals surface area contributed by atoms with Crippen LogP contribution in [0.5, 0.6) is 0 Å². The van der Waals surface area contributed by atoms with Gasteiger partial charge in [-0.2, -0.15) is 0 Å². The van der Waals surface area contributed by atoms with Crippen LogP contribution in [0.25, 0.3) is 0 Å². The maximum atomic E-state index is 10.8. The van der Waals surface area contributed by atoms with Crippen LogP contribution < -0.4 is 0 Å². The summed E-state index contributed by atoms with van der Waals surface area (Å²) >= 11 is 0. The minimum Gasteiger partial charge on any atom is -0.481 e. The van der Waals surface area contributed by atoms with Crippen molar-refractivity contribution in [3.05, 3.63) is 0 Å². The Morgan fingerprint density at radius 1 is 0.621 bits per heavy atom. The quantitative estimate of drug-likeness (QED) is 0.242. The average molecular weight is 418 g/mol. The van der Waals surface area contributed by atoms with Crippen LogP contribution in [0, 0.1) is 0 Å². The highest BCUT2D eigenvalue weighted by Crippen LogP contribution is 2.09. The predicted molar refractivity (Wildman–Crippen MR) is 105 cm³/mol. The molecule has 0 aromatic heterocycles. The van der Waals surface area contributed by atoms with E-state index in [-0.39, 0.29) is 31.7 Å². The smallest absolute Gasteiger partial charge is 0.303 e. The van der Waals surface area contributed by atoms with Crippen molar-refractivity contribution >= 4 is 23.9 Å². The molecule has 4 N–H and O–H groups in total. The molecule has 0 aliphatic heterocycles. The van der Waals surface area contributed by atoms with E-state index in [0.29, 0.717) is 58.4 Å². The third-order valence-electron chi connectivity index (χ3n) is 4.55. The average Bonchev–Trinajstić information content (AvgIpc) is 2.58. The van der Waals surface area contributed by atoms with Gasteiger partial charge in [-0.05, 0) is 58.8 Å². The minimum atomic E-state index is -0.882. The van der Waals surface area contributed by atoms with E-state index in [9.17, 15) is 19.2 Å². The van der Waals surface area contributed by atoms with Gasteiger partial charge >= 0.3 is 23.9 Å². The lowest BCUT2D eigenvalue weighted by Gasteiger charge is -2.33. The molecule has 0 bridgehead atoms. The molecule has 0 fully saturated rings. The summed E-state index contributed by atoms with van der Waals surface area (Å²) in [6.45, 7) is 4.61. The van der Waals surface area contributed by atoms with Crippen molar-refractivity contribution in [3.63, 3.8) is 0 Å². The van der Waals surface area contributed by atoms with E-state index >= 15 is 0 Å². The zero-order valence-electron chi connectivity index (χ0n) is 17.1. The molecule has 10 heteroatoms. The number of hydrogen-bond donors (Lipinski definition) is 4. The van der Waals surface area contributed by atoms with Crippen LogP contribution in [-0.4, -0.2) is 92.9 Å². The summed E-state index contributed by atoms with van der Waals surface area (Å²) in [4.78, 5) is 47.2. The first-order valence-corrected chi connectivity index (χ1v) is 9.95.